The summed E-state index contributed by atoms with van der Waals surface area (Å²) < 4.78 is 0. The minimum Gasteiger partial charge on any atom is -0.352 e. The van der Waals surface area contributed by atoms with Crippen molar-refractivity contribution in [3.8, 4) is 0 Å². The Bertz CT molecular complexity index is 519. The number of halogens is 1. The zero-order valence-corrected chi connectivity index (χ0v) is 11.3. The highest BCUT2D eigenvalue weighted by atomic mass is 35.5. The van der Waals surface area contributed by atoms with Gasteiger partial charge < -0.3 is 16.4 Å². The number of benzene rings is 1. The van der Waals surface area contributed by atoms with Gasteiger partial charge >= 0.3 is 6.03 Å². The average Bonchev–Trinajstić information content (AvgIpc) is 2.73. The van der Waals surface area contributed by atoms with E-state index in [0.717, 1.165) is 29.0 Å². The third-order valence-electron chi connectivity index (χ3n) is 3.28. The normalized spacial score (nSPS) is 18.5. The maximum absolute atomic E-state index is 11.9. The summed E-state index contributed by atoms with van der Waals surface area (Å²) in [5.41, 5.74) is 7.12. The highest BCUT2D eigenvalue weighted by molar-refractivity contribution is 6.31. The van der Waals surface area contributed by atoms with Crippen molar-refractivity contribution in [2.45, 2.75) is 31.8 Å². The van der Waals surface area contributed by atoms with Gasteiger partial charge in [-0.05, 0) is 37.0 Å². The summed E-state index contributed by atoms with van der Waals surface area (Å²) in [7, 11) is 0. The summed E-state index contributed by atoms with van der Waals surface area (Å²) in [5.74, 6) is -0.253. The van der Waals surface area contributed by atoms with Gasteiger partial charge in [-0.3, -0.25) is 4.79 Å². The molecular formula is C13H16ClN3O2. The standard InChI is InChI=1S/C13H16ClN3O2/c1-7(16-13(15)19)12(18)17-11-6-5-8-9(11)3-2-4-10(8)14/h2-4,7,11H,5-6H2,1H3,(H,17,18)(H3,15,16,19)/t7-,11-/m1/s1. The van der Waals surface area contributed by atoms with Crippen LogP contribution in [0.2, 0.25) is 5.02 Å². The van der Waals surface area contributed by atoms with Gasteiger partial charge in [0.2, 0.25) is 5.91 Å². The van der Waals surface area contributed by atoms with E-state index in [9.17, 15) is 9.59 Å². The fraction of sp³-hybridized carbons (Fsp3) is 0.385. The number of carbonyl (C=O) groups excluding carboxylic acids is 2. The Morgan fingerprint density at radius 1 is 1.47 bits per heavy atom. The number of amides is 3. The minimum atomic E-state index is -0.711. The first-order valence-electron chi connectivity index (χ1n) is 6.12. The molecule has 1 aliphatic rings. The molecular weight excluding hydrogens is 266 g/mol. The number of urea groups is 1. The van der Waals surface area contributed by atoms with E-state index in [1.165, 1.54) is 0 Å². The fourth-order valence-corrected chi connectivity index (χ4v) is 2.61. The molecule has 5 nitrogen and oxygen atoms in total. The van der Waals surface area contributed by atoms with Crippen LogP contribution in [0.3, 0.4) is 0 Å². The largest absolute Gasteiger partial charge is 0.352 e. The number of hydrogen-bond donors (Lipinski definition) is 3. The van der Waals surface area contributed by atoms with E-state index >= 15 is 0 Å². The topological polar surface area (TPSA) is 84.2 Å². The van der Waals surface area contributed by atoms with E-state index in [4.69, 9.17) is 17.3 Å². The van der Waals surface area contributed by atoms with Crippen LogP contribution in [0.15, 0.2) is 18.2 Å². The zero-order chi connectivity index (χ0) is 14.0. The first-order valence-corrected chi connectivity index (χ1v) is 6.50. The lowest BCUT2D eigenvalue weighted by Crippen LogP contribution is -2.47. The second kappa shape index (κ2) is 5.48. The van der Waals surface area contributed by atoms with Crippen LogP contribution < -0.4 is 16.4 Å². The van der Waals surface area contributed by atoms with Crippen molar-refractivity contribution < 1.29 is 9.59 Å². The number of nitrogens with one attached hydrogen (secondary N) is 2. The number of rotatable bonds is 3. The lowest BCUT2D eigenvalue weighted by molar-refractivity contribution is -0.123. The van der Waals surface area contributed by atoms with Crippen molar-refractivity contribution in [3.05, 3.63) is 34.3 Å². The van der Waals surface area contributed by atoms with Crippen LogP contribution in [0, 0.1) is 0 Å². The number of primary amides is 1. The molecule has 0 saturated carbocycles. The summed E-state index contributed by atoms with van der Waals surface area (Å²) in [6, 6.07) is 4.26. The van der Waals surface area contributed by atoms with Crippen molar-refractivity contribution in [1.29, 1.82) is 0 Å². The van der Waals surface area contributed by atoms with Crippen LogP contribution >= 0.6 is 11.6 Å². The second-order valence-corrected chi connectivity index (χ2v) is 5.04. The predicted molar refractivity (Wildman–Crippen MR) is 72.8 cm³/mol. The lowest BCUT2D eigenvalue weighted by Gasteiger charge is -2.18. The summed E-state index contributed by atoms with van der Waals surface area (Å²) in [6.45, 7) is 1.59. The van der Waals surface area contributed by atoms with Gasteiger partial charge in [0.05, 0.1) is 6.04 Å². The van der Waals surface area contributed by atoms with Gasteiger partial charge in [-0.2, -0.15) is 0 Å². The Hall–Kier alpha value is -1.75. The van der Waals surface area contributed by atoms with Gasteiger partial charge in [-0.1, -0.05) is 23.7 Å². The van der Waals surface area contributed by atoms with Gasteiger partial charge in [0, 0.05) is 5.02 Å². The van der Waals surface area contributed by atoms with Crippen LogP contribution in [0.25, 0.3) is 0 Å². The number of nitrogens with two attached hydrogens (primary N) is 1. The van der Waals surface area contributed by atoms with Crippen molar-refractivity contribution in [1.82, 2.24) is 10.6 Å². The molecule has 0 fully saturated rings. The molecule has 0 aromatic heterocycles. The maximum atomic E-state index is 11.9. The molecule has 0 radical (unpaired) electrons. The third-order valence-corrected chi connectivity index (χ3v) is 3.64. The van der Waals surface area contributed by atoms with Gasteiger partial charge in [-0.15, -0.1) is 0 Å². The van der Waals surface area contributed by atoms with E-state index < -0.39 is 12.1 Å². The Balaban J connectivity index is 2.05. The highest BCUT2D eigenvalue weighted by Crippen LogP contribution is 2.35. The quantitative estimate of drug-likeness (QED) is 0.784. The van der Waals surface area contributed by atoms with Gasteiger partial charge in [-0.25, -0.2) is 4.79 Å². The Kier molecular flexibility index (Phi) is 3.95. The Labute approximate surface area is 116 Å². The first kappa shape index (κ1) is 13.7. The number of fused-ring (bicyclic) bond motifs is 1. The van der Waals surface area contributed by atoms with E-state index in [-0.39, 0.29) is 11.9 Å². The predicted octanol–water partition coefficient (Wildman–Crippen LogP) is 1.50. The smallest absolute Gasteiger partial charge is 0.312 e. The van der Waals surface area contributed by atoms with Crippen LogP contribution in [0.4, 0.5) is 4.79 Å². The molecule has 0 aliphatic heterocycles. The molecule has 0 heterocycles. The molecule has 0 unspecified atom stereocenters. The molecule has 19 heavy (non-hydrogen) atoms. The minimum absolute atomic E-state index is 0.0571. The second-order valence-electron chi connectivity index (χ2n) is 4.64. The zero-order valence-electron chi connectivity index (χ0n) is 10.6. The monoisotopic (exact) mass is 281 g/mol. The van der Waals surface area contributed by atoms with Crippen molar-refractivity contribution in [2.24, 2.45) is 5.73 Å². The molecule has 0 saturated heterocycles. The fourth-order valence-electron chi connectivity index (χ4n) is 2.34. The van der Waals surface area contributed by atoms with E-state index in [0.29, 0.717) is 0 Å². The van der Waals surface area contributed by atoms with Crippen LogP contribution in [0.1, 0.15) is 30.5 Å². The van der Waals surface area contributed by atoms with E-state index in [2.05, 4.69) is 10.6 Å². The van der Waals surface area contributed by atoms with Gasteiger partial charge in [0.1, 0.15) is 6.04 Å². The van der Waals surface area contributed by atoms with Crippen molar-refractivity contribution in [2.75, 3.05) is 0 Å². The van der Waals surface area contributed by atoms with Crippen LogP contribution in [0.5, 0.6) is 0 Å². The molecule has 1 aromatic carbocycles. The van der Waals surface area contributed by atoms with Crippen molar-refractivity contribution in [3.63, 3.8) is 0 Å². The van der Waals surface area contributed by atoms with Crippen LogP contribution in [-0.2, 0) is 11.2 Å². The molecule has 0 spiro atoms. The van der Waals surface area contributed by atoms with Crippen LogP contribution in [-0.4, -0.2) is 18.0 Å². The summed E-state index contributed by atoms with van der Waals surface area (Å²) in [5, 5.41) is 5.99. The molecule has 3 amide bonds. The number of carbonyl (C=O) groups is 2. The summed E-state index contributed by atoms with van der Waals surface area (Å²) in [6.07, 6.45) is 1.66. The molecule has 6 heteroatoms. The van der Waals surface area contributed by atoms with Gasteiger partial charge in [0.25, 0.3) is 0 Å². The lowest BCUT2D eigenvalue weighted by atomic mass is 10.1. The molecule has 1 aliphatic carbocycles. The van der Waals surface area contributed by atoms with Gasteiger partial charge in [0.15, 0.2) is 0 Å². The molecule has 1 aromatic rings. The number of hydrogen-bond acceptors (Lipinski definition) is 2. The molecule has 2 rings (SSSR count). The average molecular weight is 282 g/mol. The highest BCUT2D eigenvalue weighted by Gasteiger charge is 2.27. The molecule has 102 valence electrons. The maximum Gasteiger partial charge on any atom is 0.312 e. The molecule has 4 N–H and O–H groups in total. The van der Waals surface area contributed by atoms with Crippen molar-refractivity contribution >= 4 is 23.5 Å². The Morgan fingerprint density at radius 3 is 2.89 bits per heavy atom. The SMILES string of the molecule is C[C@@H](NC(N)=O)C(=O)N[C@@H]1CCc2c(Cl)cccc21. The molecule has 0 bridgehead atoms. The van der Waals surface area contributed by atoms with E-state index in [1.54, 1.807) is 6.92 Å². The third kappa shape index (κ3) is 2.98. The Morgan fingerprint density at radius 2 is 2.21 bits per heavy atom. The summed E-state index contributed by atoms with van der Waals surface area (Å²) >= 11 is 6.12. The first-order chi connectivity index (χ1) is 8.99. The summed E-state index contributed by atoms with van der Waals surface area (Å²) in [4.78, 5) is 22.6. The van der Waals surface area contributed by atoms with E-state index in [1.807, 2.05) is 18.2 Å². The molecule has 2 atom stereocenters.